The zero-order valence-corrected chi connectivity index (χ0v) is 13.1. The van der Waals surface area contributed by atoms with Gasteiger partial charge in [-0.05, 0) is 30.0 Å². The second kappa shape index (κ2) is 5.40. The Morgan fingerprint density at radius 1 is 1.38 bits per heavy atom. The number of nitrogens with two attached hydrogens (primary N) is 2. The van der Waals surface area contributed by atoms with Crippen molar-refractivity contribution in [2.75, 3.05) is 13.1 Å². The molecule has 0 radical (unpaired) electrons. The molecule has 1 unspecified atom stereocenters. The molecule has 1 aliphatic heterocycles. The number of benzene rings is 1. The lowest BCUT2D eigenvalue weighted by atomic mass is 9.81. The van der Waals surface area contributed by atoms with Crippen LogP contribution in [0.3, 0.4) is 0 Å². The van der Waals surface area contributed by atoms with Gasteiger partial charge in [0.1, 0.15) is 0 Å². The minimum Gasteiger partial charge on any atom is -0.366 e. The van der Waals surface area contributed by atoms with Crippen molar-refractivity contribution >= 4 is 15.9 Å². The van der Waals surface area contributed by atoms with E-state index in [1.165, 1.54) is 28.6 Å². The van der Waals surface area contributed by atoms with Crippen LogP contribution >= 0.6 is 0 Å². The molecule has 1 saturated heterocycles. The average molecular weight is 311 g/mol. The predicted octanol–water partition coefficient (Wildman–Crippen LogP) is 0.533. The van der Waals surface area contributed by atoms with E-state index in [0.717, 1.165) is 0 Å². The van der Waals surface area contributed by atoms with Gasteiger partial charge in [0.05, 0.1) is 4.90 Å². The quantitative estimate of drug-likeness (QED) is 0.849. The number of hydrogen-bond donors (Lipinski definition) is 2. The Hall–Kier alpha value is -1.44. The van der Waals surface area contributed by atoms with Crippen LogP contribution < -0.4 is 11.5 Å². The first-order valence-electron chi connectivity index (χ1n) is 6.80. The first kappa shape index (κ1) is 15.9. The summed E-state index contributed by atoms with van der Waals surface area (Å²) in [7, 11) is -3.64. The molecule has 1 amide bonds. The molecule has 0 spiro atoms. The van der Waals surface area contributed by atoms with Gasteiger partial charge >= 0.3 is 0 Å². The third-order valence-corrected chi connectivity index (χ3v) is 5.87. The van der Waals surface area contributed by atoms with Crippen LogP contribution in [-0.2, 0) is 10.0 Å². The Balaban J connectivity index is 2.34. The summed E-state index contributed by atoms with van der Waals surface area (Å²) in [5.74, 6) is -0.645. The maximum Gasteiger partial charge on any atom is 0.248 e. The lowest BCUT2D eigenvalue weighted by molar-refractivity contribution is 0.1000. The first-order chi connectivity index (χ1) is 9.64. The van der Waals surface area contributed by atoms with Gasteiger partial charge in [0.25, 0.3) is 0 Å². The van der Waals surface area contributed by atoms with Gasteiger partial charge < -0.3 is 11.5 Å². The highest BCUT2D eigenvalue weighted by Crippen LogP contribution is 2.31. The number of rotatable bonds is 3. The molecule has 1 aromatic carbocycles. The highest BCUT2D eigenvalue weighted by atomic mass is 32.2. The standard InChI is InChI=1S/C14H21N3O3S/c1-14(2)9-17(7-6-12(14)15)21(19,20)11-5-3-4-10(8-11)13(16)18/h3-5,8,12H,6-7,9,15H2,1-2H3,(H2,16,18). The van der Waals surface area contributed by atoms with E-state index < -0.39 is 15.9 Å². The van der Waals surface area contributed by atoms with Crippen LogP contribution in [0, 0.1) is 5.41 Å². The summed E-state index contributed by atoms with van der Waals surface area (Å²) < 4.78 is 26.8. The van der Waals surface area contributed by atoms with E-state index >= 15 is 0 Å². The van der Waals surface area contributed by atoms with E-state index in [1.807, 2.05) is 13.8 Å². The molecule has 1 aromatic rings. The van der Waals surface area contributed by atoms with E-state index in [2.05, 4.69) is 0 Å². The molecule has 1 fully saturated rings. The molecule has 6 nitrogen and oxygen atoms in total. The van der Waals surface area contributed by atoms with Crippen LogP contribution in [0.1, 0.15) is 30.6 Å². The third kappa shape index (κ3) is 3.09. The first-order valence-corrected chi connectivity index (χ1v) is 8.24. The molecular weight excluding hydrogens is 290 g/mol. The number of amides is 1. The summed E-state index contributed by atoms with van der Waals surface area (Å²) in [6.07, 6.45) is 0.613. The van der Waals surface area contributed by atoms with Gasteiger partial charge in [-0.2, -0.15) is 4.31 Å². The van der Waals surface area contributed by atoms with E-state index in [0.29, 0.717) is 19.5 Å². The number of piperidine rings is 1. The molecule has 1 atom stereocenters. The summed E-state index contributed by atoms with van der Waals surface area (Å²) in [6, 6.07) is 5.79. The summed E-state index contributed by atoms with van der Waals surface area (Å²) in [4.78, 5) is 11.3. The SMILES string of the molecule is CC1(C)CN(S(=O)(=O)c2cccc(C(N)=O)c2)CCC1N. The molecule has 0 aliphatic carbocycles. The molecular formula is C14H21N3O3S. The zero-order valence-electron chi connectivity index (χ0n) is 12.2. The highest BCUT2D eigenvalue weighted by molar-refractivity contribution is 7.89. The lowest BCUT2D eigenvalue weighted by Crippen LogP contribution is -2.53. The van der Waals surface area contributed by atoms with Crippen LogP contribution in [0.4, 0.5) is 0 Å². The minimum absolute atomic E-state index is 0.0269. The number of nitrogens with zero attached hydrogens (tertiary/aromatic N) is 1. The van der Waals surface area contributed by atoms with Crippen molar-refractivity contribution in [3.05, 3.63) is 29.8 Å². The Labute approximate surface area is 125 Å². The van der Waals surface area contributed by atoms with Crippen LogP contribution in [-0.4, -0.2) is 37.8 Å². The normalized spacial score (nSPS) is 22.9. The number of hydrogen-bond acceptors (Lipinski definition) is 4. The molecule has 1 aliphatic rings. The van der Waals surface area contributed by atoms with Crippen molar-refractivity contribution in [2.24, 2.45) is 16.9 Å². The van der Waals surface area contributed by atoms with Gasteiger partial charge in [0.15, 0.2) is 0 Å². The van der Waals surface area contributed by atoms with Crippen LogP contribution in [0.15, 0.2) is 29.2 Å². The van der Waals surface area contributed by atoms with Crippen LogP contribution in [0.25, 0.3) is 0 Å². The molecule has 4 N–H and O–H groups in total. The highest BCUT2D eigenvalue weighted by Gasteiger charge is 2.38. The largest absolute Gasteiger partial charge is 0.366 e. The van der Waals surface area contributed by atoms with Crippen LogP contribution in [0.2, 0.25) is 0 Å². The average Bonchev–Trinajstić information content (AvgIpc) is 2.41. The summed E-state index contributed by atoms with van der Waals surface area (Å²) in [5.41, 5.74) is 11.1. The lowest BCUT2D eigenvalue weighted by Gasteiger charge is -2.41. The fraction of sp³-hybridized carbons (Fsp3) is 0.500. The van der Waals surface area contributed by atoms with Crippen LogP contribution in [0.5, 0.6) is 0 Å². The molecule has 7 heteroatoms. The van der Waals surface area contributed by atoms with E-state index in [9.17, 15) is 13.2 Å². The van der Waals surface area contributed by atoms with E-state index in [-0.39, 0.29) is 21.9 Å². The van der Waals surface area contributed by atoms with E-state index in [4.69, 9.17) is 11.5 Å². The van der Waals surface area contributed by atoms with Gasteiger partial charge in [-0.1, -0.05) is 19.9 Å². The minimum atomic E-state index is -3.64. The van der Waals surface area contributed by atoms with Gasteiger partial charge in [-0.25, -0.2) is 8.42 Å². The monoisotopic (exact) mass is 311 g/mol. The second-order valence-corrected chi connectivity index (χ2v) is 8.05. The molecule has 1 heterocycles. The van der Waals surface area contributed by atoms with Crippen molar-refractivity contribution in [3.63, 3.8) is 0 Å². The van der Waals surface area contributed by atoms with E-state index in [1.54, 1.807) is 0 Å². The fourth-order valence-corrected chi connectivity index (χ4v) is 4.16. The van der Waals surface area contributed by atoms with Gasteiger partial charge in [-0.15, -0.1) is 0 Å². The predicted molar refractivity (Wildman–Crippen MR) is 80.1 cm³/mol. The number of carbonyl (C=O) groups excluding carboxylic acids is 1. The van der Waals surface area contributed by atoms with Crippen molar-refractivity contribution in [1.82, 2.24) is 4.31 Å². The van der Waals surface area contributed by atoms with Gasteiger partial charge in [0.2, 0.25) is 15.9 Å². The summed E-state index contributed by atoms with van der Waals surface area (Å²) in [5, 5.41) is 0. The molecule has 2 rings (SSSR count). The molecule has 0 bridgehead atoms. The topological polar surface area (TPSA) is 106 Å². The van der Waals surface area contributed by atoms with Gasteiger partial charge in [0, 0.05) is 24.7 Å². The molecule has 0 saturated carbocycles. The fourth-order valence-electron chi connectivity index (χ4n) is 2.49. The maximum absolute atomic E-state index is 12.7. The summed E-state index contributed by atoms with van der Waals surface area (Å²) >= 11 is 0. The van der Waals surface area contributed by atoms with Gasteiger partial charge in [-0.3, -0.25) is 4.79 Å². The Morgan fingerprint density at radius 3 is 2.62 bits per heavy atom. The van der Waals surface area contributed by atoms with Crippen molar-refractivity contribution in [2.45, 2.75) is 31.2 Å². The molecule has 116 valence electrons. The maximum atomic E-state index is 12.7. The zero-order chi connectivity index (χ0) is 15.8. The smallest absolute Gasteiger partial charge is 0.248 e. The third-order valence-electron chi connectivity index (χ3n) is 4.03. The Bertz CT molecular complexity index is 655. The number of sulfonamides is 1. The molecule has 21 heavy (non-hydrogen) atoms. The Morgan fingerprint density at radius 2 is 2.05 bits per heavy atom. The second-order valence-electron chi connectivity index (χ2n) is 6.11. The number of carbonyl (C=O) groups is 1. The molecule has 0 aromatic heterocycles. The Kier molecular flexibility index (Phi) is 4.10. The number of primary amides is 1. The summed E-state index contributed by atoms with van der Waals surface area (Å²) in [6.45, 7) is 4.66. The van der Waals surface area contributed by atoms with Crippen molar-refractivity contribution in [3.8, 4) is 0 Å². The van der Waals surface area contributed by atoms with Crippen molar-refractivity contribution < 1.29 is 13.2 Å². The van der Waals surface area contributed by atoms with Crippen molar-refractivity contribution in [1.29, 1.82) is 0 Å².